The van der Waals surface area contributed by atoms with E-state index in [0.717, 1.165) is 22.6 Å². The van der Waals surface area contributed by atoms with Crippen LogP contribution in [0.25, 0.3) is 0 Å². The van der Waals surface area contributed by atoms with Crippen LogP contribution in [0.2, 0.25) is 0 Å². The van der Waals surface area contributed by atoms with Crippen molar-refractivity contribution in [3.05, 3.63) is 87.9 Å². The van der Waals surface area contributed by atoms with Gasteiger partial charge in [-0.15, -0.1) is 11.3 Å². The average molecular weight is 424 g/mol. The predicted molar refractivity (Wildman–Crippen MR) is 114 cm³/mol. The van der Waals surface area contributed by atoms with Gasteiger partial charge in [0.25, 0.3) is 5.91 Å². The lowest BCUT2D eigenvalue weighted by Gasteiger charge is -2.24. The number of ether oxygens (including phenoxy) is 1. The Balaban J connectivity index is 1.48. The molecule has 1 atom stereocenters. The molecule has 0 spiro atoms. The molecule has 0 radical (unpaired) electrons. The summed E-state index contributed by atoms with van der Waals surface area (Å²) < 4.78 is 18.5. The first-order chi connectivity index (χ1) is 14.6. The Morgan fingerprint density at radius 2 is 2.07 bits per heavy atom. The van der Waals surface area contributed by atoms with E-state index in [1.807, 2.05) is 41.8 Å². The number of methoxy groups -OCH3 is 1. The number of rotatable bonds is 7. The van der Waals surface area contributed by atoms with E-state index in [9.17, 15) is 9.18 Å². The number of thiophene rings is 1. The monoisotopic (exact) mass is 424 g/mol. The molecule has 1 aliphatic rings. The zero-order valence-electron chi connectivity index (χ0n) is 16.5. The molecule has 1 aliphatic heterocycles. The van der Waals surface area contributed by atoms with Crippen LogP contribution in [-0.2, 0) is 11.4 Å². The van der Waals surface area contributed by atoms with Crippen molar-refractivity contribution >= 4 is 23.0 Å². The van der Waals surface area contributed by atoms with E-state index < -0.39 is 0 Å². The van der Waals surface area contributed by atoms with Crippen LogP contribution in [0.5, 0.6) is 5.75 Å². The summed E-state index contributed by atoms with van der Waals surface area (Å²) in [5.74, 6) is 0.405. The van der Waals surface area contributed by atoms with Crippen LogP contribution in [0.3, 0.4) is 0 Å². The molecular formula is C23H21FN2O3S. The van der Waals surface area contributed by atoms with Gasteiger partial charge in [0.2, 0.25) is 0 Å². The minimum Gasteiger partial charge on any atom is -0.497 e. The Labute approximate surface area is 178 Å². The third-order valence-electron chi connectivity index (χ3n) is 4.86. The van der Waals surface area contributed by atoms with E-state index >= 15 is 0 Å². The average Bonchev–Trinajstić information content (AvgIpc) is 3.46. The highest BCUT2D eigenvalue weighted by Gasteiger charge is 2.28. The highest BCUT2D eigenvalue weighted by atomic mass is 32.1. The van der Waals surface area contributed by atoms with Crippen LogP contribution in [0, 0.1) is 5.82 Å². The normalized spacial score (nSPS) is 15.4. The fourth-order valence-corrected chi connectivity index (χ4v) is 4.04. The van der Waals surface area contributed by atoms with Gasteiger partial charge in [0.05, 0.1) is 24.2 Å². The summed E-state index contributed by atoms with van der Waals surface area (Å²) in [6.45, 7) is 0.821. The molecule has 0 saturated carbocycles. The Hall–Kier alpha value is -3.19. The lowest BCUT2D eigenvalue weighted by molar-refractivity contribution is 0.0408. The molecule has 0 fully saturated rings. The molecule has 7 heteroatoms. The summed E-state index contributed by atoms with van der Waals surface area (Å²) in [5, 5.41) is 6.05. The van der Waals surface area contributed by atoms with E-state index in [4.69, 9.17) is 9.57 Å². The molecule has 0 saturated heterocycles. The summed E-state index contributed by atoms with van der Waals surface area (Å²) in [6, 6.07) is 17.5. The zero-order valence-corrected chi connectivity index (χ0v) is 17.3. The molecule has 5 nitrogen and oxygen atoms in total. The van der Waals surface area contributed by atoms with Crippen LogP contribution in [0.15, 0.2) is 71.2 Å². The van der Waals surface area contributed by atoms with Gasteiger partial charge in [-0.25, -0.2) is 4.39 Å². The van der Waals surface area contributed by atoms with Gasteiger partial charge in [0.15, 0.2) is 6.10 Å². The van der Waals surface area contributed by atoms with E-state index in [1.165, 1.54) is 23.5 Å². The van der Waals surface area contributed by atoms with Gasteiger partial charge < -0.3 is 14.5 Å². The van der Waals surface area contributed by atoms with Crippen molar-refractivity contribution in [3.8, 4) is 5.75 Å². The summed E-state index contributed by atoms with van der Waals surface area (Å²) >= 11 is 1.41. The lowest BCUT2D eigenvalue weighted by Crippen LogP contribution is -2.37. The maximum absolute atomic E-state index is 13.2. The van der Waals surface area contributed by atoms with Crippen molar-refractivity contribution < 1.29 is 18.8 Å². The van der Waals surface area contributed by atoms with Crippen molar-refractivity contribution in [1.29, 1.82) is 0 Å². The largest absolute Gasteiger partial charge is 0.497 e. The van der Waals surface area contributed by atoms with E-state index in [1.54, 1.807) is 24.1 Å². The standard InChI is InChI=1S/C23H21FN2O3S/c1-28-19-5-2-4-16(12-19)14-26(23(27)22-6-3-11-30-22)15-20-13-21(25-29-20)17-7-9-18(24)10-8-17/h2-12,20H,13-15H2,1H3/t20-/m0/s1. The number of halogens is 1. The van der Waals surface area contributed by atoms with Crippen molar-refractivity contribution in [2.24, 2.45) is 5.16 Å². The second-order valence-electron chi connectivity index (χ2n) is 6.99. The van der Waals surface area contributed by atoms with Gasteiger partial charge in [-0.05, 0) is 46.8 Å². The molecule has 0 aliphatic carbocycles. The lowest BCUT2D eigenvalue weighted by atomic mass is 10.0. The molecule has 30 heavy (non-hydrogen) atoms. The molecule has 2 heterocycles. The van der Waals surface area contributed by atoms with Gasteiger partial charge in [-0.2, -0.15) is 0 Å². The van der Waals surface area contributed by atoms with Gasteiger partial charge >= 0.3 is 0 Å². The molecular weight excluding hydrogens is 403 g/mol. The van der Waals surface area contributed by atoms with Crippen molar-refractivity contribution in [3.63, 3.8) is 0 Å². The number of benzene rings is 2. The molecule has 2 aromatic carbocycles. The van der Waals surface area contributed by atoms with E-state index in [0.29, 0.717) is 24.4 Å². The van der Waals surface area contributed by atoms with Crippen LogP contribution in [-0.4, -0.2) is 36.3 Å². The highest BCUT2D eigenvalue weighted by molar-refractivity contribution is 7.12. The Morgan fingerprint density at radius 1 is 1.23 bits per heavy atom. The number of nitrogens with zero attached hydrogens (tertiary/aromatic N) is 2. The third-order valence-corrected chi connectivity index (χ3v) is 5.72. The maximum atomic E-state index is 13.2. The first-order valence-corrected chi connectivity index (χ1v) is 10.4. The topological polar surface area (TPSA) is 51.1 Å². The smallest absolute Gasteiger partial charge is 0.264 e. The van der Waals surface area contributed by atoms with Crippen molar-refractivity contribution in [2.45, 2.75) is 19.1 Å². The fraction of sp³-hybridized carbons (Fsp3) is 0.217. The second-order valence-corrected chi connectivity index (χ2v) is 7.94. The van der Waals surface area contributed by atoms with Gasteiger partial charge in [-0.3, -0.25) is 4.79 Å². The summed E-state index contributed by atoms with van der Waals surface area (Å²) in [6.07, 6.45) is 0.289. The Bertz CT molecular complexity index is 1030. The summed E-state index contributed by atoms with van der Waals surface area (Å²) in [5.41, 5.74) is 2.55. The minimum atomic E-state index is -0.291. The first kappa shape index (κ1) is 20.1. The minimum absolute atomic E-state index is 0.0494. The van der Waals surface area contributed by atoms with Crippen LogP contribution in [0.4, 0.5) is 4.39 Å². The SMILES string of the molecule is COc1cccc(CN(C[C@@H]2CC(c3ccc(F)cc3)=NO2)C(=O)c2cccs2)c1. The quantitative estimate of drug-likeness (QED) is 0.551. The summed E-state index contributed by atoms with van der Waals surface area (Å²) in [4.78, 5) is 21.2. The number of carbonyl (C=O) groups is 1. The Kier molecular flexibility index (Phi) is 6.09. The number of hydrogen-bond donors (Lipinski definition) is 0. The molecule has 0 bridgehead atoms. The highest BCUT2D eigenvalue weighted by Crippen LogP contribution is 2.22. The fourth-order valence-electron chi connectivity index (χ4n) is 3.35. The molecule has 0 unspecified atom stereocenters. The van der Waals surface area contributed by atoms with E-state index in [2.05, 4.69) is 5.16 Å². The molecule has 1 amide bonds. The zero-order chi connectivity index (χ0) is 20.9. The van der Waals surface area contributed by atoms with Crippen LogP contribution < -0.4 is 4.74 Å². The summed E-state index contributed by atoms with van der Waals surface area (Å²) in [7, 11) is 1.62. The molecule has 154 valence electrons. The Morgan fingerprint density at radius 3 is 2.80 bits per heavy atom. The van der Waals surface area contributed by atoms with E-state index in [-0.39, 0.29) is 17.8 Å². The number of hydrogen-bond acceptors (Lipinski definition) is 5. The number of carbonyl (C=O) groups excluding carboxylic acids is 1. The molecule has 0 N–H and O–H groups in total. The maximum Gasteiger partial charge on any atom is 0.264 e. The molecule has 1 aromatic heterocycles. The van der Waals surface area contributed by atoms with Crippen molar-refractivity contribution in [1.82, 2.24) is 4.90 Å². The second kappa shape index (κ2) is 9.09. The van der Waals surface area contributed by atoms with Crippen LogP contribution in [0.1, 0.15) is 27.2 Å². The van der Waals surface area contributed by atoms with Crippen LogP contribution >= 0.6 is 11.3 Å². The van der Waals surface area contributed by atoms with Gasteiger partial charge in [0, 0.05) is 13.0 Å². The number of oxime groups is 1. The van der Waals surface area contributed by atoms with Crippen molar-refractivity contribution in [2.75, 3.05) is 13.7 Å². The third kappa shape index (κ3) is 4.68. The molecule has 4 rings (SSSR count). The first-order valence-electron chi connectivity index (χ1n) is 9.56. The van der Waals surface area contributed by atoms with Gasteiger partial charge in [0.1, 0.15) is 11.6 Å². The molecule has 3 aromatic rings. The van der Waals surface area contributed by atoms with Gasteiger partial charge in [-0.1, -0.05) is 35.5 Å². The predicted octanol–water partition coefficient (Wildman–Crippen LogP) is 4.73. The number of amides is 1.